The first-order valence-corrected chi connectivity index (χ1v) is 7.30. The first-order chi connectivity index (χ1) is 8.01. The fourth-order valence-electron chi connectivity index (χ4n) is 2.39. The Kier molecular flexibility index (Phi) is 3.23. The van der Waals surface area contributed by atoms with Crippen LogP contribution in [0.2, 0.25) is 0 Å². The first-order valence-electron chi connectivity index (χ1n) is 5.59. The second-order valence-corrected chi connectivity index (χ2v) is 6.79. The second kappa shape index (κ2) is 4.38. The van der Waals surface area contributed by atoms with E-state index in [2.05, 4.69) is 0 Å². The summed E-state index contributed by atoms with van der Waals surface area (Å²) in [4.78, 5) is 0. The monoisotopic (exact) mass is 258 g/mol. The van der Waals surface area contributed by atoms with Crippen LogP contribution in [0.1, 0.15) is 18.4 Å². The lowest BCUT2D eigenvalue weighted by atomic mass is 10.1. The van der Waals surface area contributed by atoms with Crippen LogP contribution in [0.3, 0.4) is 0 Å². The molecule has 0 radical (unpaired) electrons. The summed E-state index contributed by atoms with van der Waals surface area (Å²) in [5.74, 6) is -0.874. The summed E-state index contributed by atoms with van der Waals surface area (Å²) in [6.07, 6.45) is 0. The molecule has 0 saturated heterocycles. The number of aliphatic hydroxyl groups excluding tert-OH is 1. The summed E-state index contributed by atoms with van der Waals surface area (Å²) in [5.41, 5.74) is 0.658. The quantitative estimate of drug-likeness (QED) is 0.886. The maximum Gasteiger partial charge on any atom is 0.153 e. The normalized spacial score (nSPS) is 28.1. The van der Waals surface area contributed by atoms with Crippen molar-refractivity contribution in [2.75, 3.05) is 12.4 Å². The molecule has 1 saturated carbocycles. The van der Waals surface area contributed by atoms with E-state index >= 15 is 0 Å². The van der Waals surface area contributed by atoms with E-state index in [-0.39, 0.29) is 30.0 Å². The maximum atomic E-state index is 13.1. The van der Waals surface area contributed by atoms with Crippen LogP contribution in [0.4, 0.5) is 4.39 Å². The van der Waals surface area contributed by atoms with Crippen LogP contribution in [0.15, 0.2) is 24.3 Å². The second-order valence-electron chi connectivity index (χ2n) is 4.34. The first kappa shape index (κ1) is 12.5. The van der Waals surface area contributed by atoms with Gasteiger partial charge in [0, 0.05) is 24.2 Å². The number of aliphatic hydroxyl groups is 1. The van der Waals surface area contributed by atoms with Crippen molar-refractivity contribution in [1.29, 1.82) is 0 Å². The number of halogens is 1. The van der Waals surface area contributed by atoms with E-state index in [0.717, 1.165) is 0 Å². The van der Waals surface area contributed by atoms with Crippen molar-refractivity contribution in [3.8, 4) is 0 Å². The lowest BCUT2D eigenvalue weighted by Gasteiger charge is -2.00. The minimum Gasteiger partial charge on any atom is -0.396 e. The lowest BCUT2D eigenvalue weighted by molar-refractivity contribution is 0.274. The van der Waals surface area contributed by atoms with Gasteiger partial charge in [-0.15, -0.1) is 0 Å². The van der Waals surface area contributed by atoms with Crippen LogP contribution >= 0.6 is 0 Å². The molecule has 0 bridgehead atoms. The van der Waals surface area contributed by atoms with Gasteiger partial charge >= 0.3 is 0 Å². The molecular formula is C12H15FO3S. The van der Waals surface area contributed by atoms with Crippen LogP contribution in [-0.2, 0) is 9.84 Å². The molecule has 3 nitrogen and oxygen atoms in total. The number of hydrogen-bond acceptors (Lipinski definition) is 3. The average molecular weight is 258 g/mol. The maximum absolute atomic E-state index is 13.1. The van der Waals surface area contributed by atoms with Crippen molar-refractivity contribution in [3.05, 3.63) is 35.6 Å². The van der Waals surface area contributed by atoms with E-state index in [1.807, 2.05) is 0 Å². The Bertz CT molecular complexity index is 512. The van der Waals surface area contributed by atoms with E-state index < -0.39 is 15.1 Å². The number of hydrogen-bond donors (Lipinski definition) is 1. The molecule has 0 aromatic heterocycles. The van der Waals surface area contributed by atoms with Crippen molar-refractivity contribution in [3.63, 3.8) is 0 Å². The van der Waals surface area contributed by atoms with Gasteiger partial charge in [-0.25, -0.2) is 12.8 Å². The summed E-state index contributed by atoms with van der Waals surface area (Å²) >= 11 is 0. The van der Waals surface area contributed by atoms with Crippen molar-refractivity contribution < 1.29 is 17.9 Å². The predicted molar refractivity (Wildman–Crippen MR) is 63.0 cm³/mol. The standard InChI is InChI=1S/C12H15FO3S/c1-2-17(15,16)12-10(7-14)11(12)8-4-3-5-9(13)6-8/h3-6,10-12,14H,2,7H2,1H3/t10-,11-,12+/m0/s1. The number of sulfone groups is 1. The Labute approximate surface area is 100 Å². The molecule has 2 rings (SSSR count). The summed E-state index contributed by atoms with van der Waals surface area (Å²) in [5, 5.41) is 8.62. The zero-order chi connectivity index (χ0) is 12.6. The van der Waals surface area contributed by atoms with Gasteiger partial charge in [-0.1, -0.05) is 19.1 Å². The van der Waals surface area contributed by atoms with Gasteiger partial charge in [-0.05, 0) is 17.7 Å². The summed E-state index contributed by atoms with van der Waals surface area (Å²) in [6, 6.07) is 5.94. The van der Waals surface area contributed by atoms with Crippen molar-refractivity contribution in [1.82, 2.24) is 0 Å². The predicted octanol–water partition coefficient (Wildman–Crippen LogP) is 1.33. The van der Waals surface area contributed by atoms with Crippen LogP contribution in [-0.4, -0.2) is 31.1 Å². The Morgan fingerprint density at radius 2 is 2.12 bits per heavy atom. The third-order valence-electron chi connectivity index (χ3n) is 3.36. The van der Waals surface area contributed by atoms with Crippen molar-refractivity contribution in [2.24, 2.45) is 5.92 Å². The Hall–Kier alpha value is -0.940. The van der Waals surface area contributed by atoms with Crippen LogP contribution < -0.4 is 0 Å². The Morgan fingerprint density at radius 3 is 2.65 bits per heavy atom. The molecule has 0 aliphatic heterocycles. The van der Waals surface area contributed by atoms with Gasteiger partial charge in [0.25, 0.3) is 0 Å². The largest absolute Gasteiger partial charge is 0.396 e. The molecule has 1 aromatic rings. The number of rotatable bonds is 4. The number of benzene rings is 1. The van der Waals surface area contributed by atoms with Crippen molar-refractivity contribution >= 4 is 9.84 Å². The third kappa shape index (κ3) is 2.21. The summed E-state index contributed by atoms with van der Waals surface area (Å²) in [6.45, 7) is 1.41. The molecule has 1 aliphatic rings. The molecule has 1 aromatic carbocycles. The highest BCUT2D eigenvalue weighted by Crippen LogP contribution is 2.52. The zero-order valence-electron chi connectivity index (χ0n) is 9.51. The lowest BCUT2D eigenvalue weighted by Crippen LogP contribution is -2.13. The average Bonchev–Trinajstić information content (AvgIpc) is 3.04. The van der Waals surface area contributed by atoms with Gasteiger partial charge in [0.1, 0.15) is 5.82 Å². The molecule has 1 N–H and O–H groups in total. The molecule has 1 aliphatic carbocycles. The Balaban J connectivity index is 2.29. The van der Waals surface area contributed by atoms with E-state index in [4.69, 9.17) is 0 Å². The summed E-state index contributed by atoms with van der Waals surface area (Å²) < 4.78 is 36.7. The summed E-state index contributed by atoms with van der Waals surface area (Å²) in [7, 11) is -3.18. The van der Waals surface area contributed by atoms with Gasteiger partial charge in [-0.2, -0.15) is 0 Å². The van der Waals surface area contributed by atoms with E-state index in [1.54, 1.807) is 19.1 Å². The third-order valence-corrected chi connectivity index (χ3v) is 5.63. The van der Waals surface area contributed by atoms with Gasteiger partial charge in [0.15, 0.2) is 9.84 Å². The fourth-order valence-corrected chi connectivity index (χ4v) is 4.28. The smallest absolute Gasteiger partial charge is 0.153 e. The van der Waals surface area contributed by atoms with E-state index in [1.165, 1.54) is 12.1 Å². The Morgan fingerprint density at radius 1 is 1.41 bits per heavy atom. The fraction of sp³-hybridized carbons (Fsp3) is 0.500. The van der Waals surface area contributed by atoms with Gasteiger partial charge in [-0.3, -0.25) is 0 Å². The highest BCUT2D eigenvalue weighted by Gasteiger charge is 2.57. The highest BCUT2D eigenvalue weighted by atomic mass is 32.2. The topological polar surface area (TPSA) is 54.4 Å². The zero-order valence-corrected chi connectivity index (χ0v) is 10.3. The molecule has 0 amide bonds. The van der Waals surface area contributed by atoms with Gasteiger partial charge < -0.3 is 5.11 Å². The SMILES string of the molecule is CCS(=O)(=O)[C@@H]1[C@@H](CO)[C@@H]1c1cccc(F)c1. The highest BCUT2D eigenvalue weighted by molar-refractivity contribution is 7.92. The van der Waals surface area contributed by atoms with E-state index in [9.17, 15) is 17.9 Å². The van der Waals surface area contributed by atoms with Crippen LogP contribution in [0, 0.1) is 11.7 Å². The molecule has 5 heteroatoms. The molecule has 0 spiro atoms. The molecule has 17 heavy (non-hydrogen) atoms. The molecule has 3 atom stereocenters. The minimum absolute atomic E-state index is 0.0555. The van der Waals surface area contributed by atoms with E-state index in [0.29, 0.717) is 5.56 Å². The molecule has 1 fully saturated rings. The van der Waals surface area contributed by atoms with Gasteiger partial charge in [0.05, 0.1) is 5.25 Å². The van der Waals surface area contributed by atoms with Crippen LogP contribution in [0.25, 0.3) is 0 Å². The molecule has 0 unspecified atom stereocenters. The molecule has 94 valence electrons. The molecular weight excluding hydrogens is 243 g/mol. The van der Waals surface area contributed by atoms with Crippen LogP contribution in [0.5, 0.6) is 0 Å². The molecule has 0 heterocycles. The van der Waals surface area contributed by atoms with Gasteiger partial charge in [0.2, 0.25) is 0 Å². The minimum atomic E-state index is -3.18. The van der Waals surface area contributed by atoms with Crippen molar-refractivity contribution in [2.45, 2.75) is 18.1 Å².